The van der Waals surface area contributed by atoms with Crippen LogP contribution < -0.4 is 15.8 Å². The molecule has 6 nitrogen and oxygen atoms in total. The highest BCUT2D eigenvalue weighted by Crippen LogP contribution is 2.30. The summed E-state index contributed by atoms with van der Waals surface area (Å²) in [6.45, 7) is 9.09. The molecule has 1 unspecified atom stereocenters. The number of carbonyl (C=O) groups is 1. The van der Waals surface area contributed by atoms with E-state index in [1.807, 2.05) is 43.3 Å². The Morgan fingerprint density at radius 2 is 2.00 bits per heavy atom. The number of fused-ring (bicyclic) bond motifs is 1. The minimum Gasteiger partial charge on any atom is -0.494 e. The molecule has 1 aromatic carbocycles. The first kappa shape index (κ1) is 22.5. The van der Waals surface area contributed by atoms with Crippen LogP contribution in [-0.4, -0.2) is 29.5 Å². The van der Waals surface area contributed by atoms with Gasteiger partial charge in [0.2, 0.25) is 5.91 Å². The van der Waals surface area contributed by atoms with Gasteiger partial charge in [0, 0.05) is 29.6 Å². The topological polar surface area (TPSA) is 90.1 Å². The number of nitrogen functional groups attached to an aromatic ring is 1. The largest absolute Gasteiger partial charge is 0.494 e. The number of nitrogens with one attached hydrogen (secondary N) is 1. The van der Waals surface area contributed by atoms with Crippen molar-refractivity contribution in [3.05, 3.63) is 48.2 Å². The number of anilines is 1. The number of nitrogens with zero attached hydrogens (tertiary/aromatic N) is 2. The van der Waals surface area contributed by atoms with Gasteiger partial charge in [-0.25, -0.2) is 4.98 Å². The normalized spacial score (nSPS) is 12.5. The van der Waals surface area contributed by atoms with E-state index in [2.05, 4.69) is 36.1 Å². The third kappa shape index (κ3) is 5.72. The smallest absolute Gasteiger partial charge is 0.223 e. The maximum absolute atomic E-state index is 12.5. The molecule has 1 amide bonds. The van der Waals surface area contributed by atoms with E-state index in [1.54, 1.807) is 13.3 Å². The molecule has 3 aromatic rings. The molecule has 3 N–H and O–H groups in total. The van der Waals surface area contributed by atoms with E-state index in [-0.39, 0.29) is 17.2 Å². The molecule has 0 aliphatic rings. The number of rotatable bonds is 7. The van der Waals surface area contributed by atoms with Gasteiger partial charge in [0.05, 0.1) is 12.6 Å². The first-order valence-electron chi connectivity index (χ1n) is 10.6. The van der Waals surface area contributed by atoms with Crippen LogP contribution in [0.15, 0.2) is 42.6 Å². The highest BCUT2D eigenvalue weighted by Gasteiger charge is 2.18. The number of pyridine rings is 2. The quantitative estimate of drug-likeness (QED) is 0.582. The minimum atomic E-state index is -0.194. The minimum absolute atomic E-state index is 0.0377. The molecule has 0 bridgehead atoms. The molecule has 0 fully saturated rings. The average Bonchev–Trinajstić information content (AvgIpc) is 2.73. The summed E-state index contributed by atoms with van der Waals surface area (Å²) < 4.78 is 5.44. The van der Waals surface area contributed by atoms with Gasteiger partial charge in [-0.2, -0.15) is 0 Å². The van der Waals surface area contributed by atoms with Gasteiger partial charge in [0.15, 0.2) is 0 Å². The Morgan fingerprint density at radius 1 is 1.23 bits per heavy atom. The lowest BCUT2D eigenvalue weighted by Crippen LogP contribution is -2.32. The summed E-state index contributed by atoms with van der Waals surface area (Å²) in [5.41, 5.74) is 9.80. The van der Waals surface area contributed by atoms with E-state index >= 15 is 0 Å². The second kappa shape index (κ2) is 9.33. The Balaban J connectivity index is 1.81. The van der Waals surface area contributed by atoms with Crippen molar-refractivity contribution in [1.82, 2.24) is 15.3 Å². The second-order valence-electron chi connectivity index (χ2n) is 9.20. The van der Waals surface area contributed by atoms with Crippen LogP contribution in [0.5, 0.6) is 5.75 Å². The fraction of sp³-hybridized carbons (Fsp3) is 0.400. The van der Waals surface area contributed by atoms with E-state index in [4.69, 9.17) is 10.5 Å². The number of hydrogen-bond donors (Lipinski definition) is 2. The average molecular weight is 421 g/mol. The molecule has 0 radical (unpaired) electrons. The molecule has 1 atom stereocenters. The lowest BCUT2D eigenvalue weighted by atomic mass is 9.92. The zero-order valence-corrected chi connectivity index (χ0v) is 19.0. The summed E-state index contributed by atoms with van der Waals surface area (Å²) in [6.07, 6.45) is 3.22. The number of hydrogen-bond acceptors (Lipinski definition) is 5. The second-order valence-corrected chi connectivity index (χ2v) is 9.20. The SMILES string of the molecule is COc1cccnc1-c1ccc2nc(N)c(CC(C)C(=O)NCCC(C)(C)C)cc2c1. The van der Waals surface area contributed by atoms with Crippen LogP contribution in [0.2, 0.25) is 0 Å². The van der Waals surface area contributed by atoms with E-state index < -0.39 is 0 Å². The van der Waals surface area contributed by atoms with Crippen molar-refractivity contribution in [3.63, 3.8) is 0 Å². The summed E-state index contributed by atoms with van der Waals surface area (Å²) in [5, 5.41) is 3.99. The van der Waals surface area contributed by atoms with E-state index in [9.17, 15) is 4.79 Å². The zero-order chi connectivity index (χ0) is 22.6. The van der Waals surface area contributed by atoms with E-state index in [0.29, 0.717) is 24.5 Å². The predicted molar refractivity (Wildman–Crippen MR) is 126 cm³/mol. The molecule has 0 saturated carbocycles. The molecule has 0 spiro atoms. The molecule has 0 aliphatic carbocycles. The van der Waals surface area contributed by atoms with Crippen molar-refractivity contribution in [3.8, 4) is 17.0 Å². The highest BCUT2D eigenvalue weighted by atomic mass is 16.5. The highest BCUT2D eigenvalue weighted by molar-refractivity contribution is 5.87. The summed E-state index contributed by atoms with van der Waals surface area (Å²) in [6, 6.07) is 11.7. The third-order valence-corrected chi connectivity index (χ3v) is 5.34. The van der Waals surface area contributed by atoms with Crippen molar-refractivity contribution in [2.24, 2.45) is 11.3 Å². The lowest BCUT2D eigenvalue weighted by Gasteiger charge is -2.19. The van der Waals surface area contributed by atoms with Crippen molar-refractivity contribution in [1.29, 1.82) is 0 Å². The maximum Gasteiger partial charge on any atom is 0.223 e. The Bertz CT molecular complexity index is 1070. The van der Waals surface area contributed by atoms with Gasteiger partial charge in [-0.15, -0.1) is 0 Å². The van der Waals surface area contributed by atoms with Crippen LogP contribution in [0.25, 0.3) is 22.2 Å². The molecule has 0 saturated heterocycles. The van der Waals surface area contributed by atoms with Crippen molar-refractivity contribution in [2.45, 2.75) is 40.5 Å². The van der Waals surface area contributed by atoms with E-state index in [1.165, 1.54) is 0 Å². The van der Waals surface area contributed by atoms with Crippen LogP contribution in [0.3, 0.4) is 0 Å². The van der Waals surface area contributed by atoms with Crippen LogP contribution in [0.4, 0.5) is 5.82 Å². The lowest BCUT2D eigenvalue weighted by molar-refractivity contribution is -0.124. The van der Waals surface area contributed by atoms with Crippen molar-refractivity contribution in [2.75, 3.05) is 19.4 Å². The molecular formula is C25H32N4O2. The summed E-state index contributed by atoms with van der Waals surface area (Å²) in [5.74, 6) is 1.02. The molecule has 31 heavy (non-hydrogen) atoms. The van der Waals surface area contributed by atoms with Crippen molar-refractivity contribution < 1.29 is 9.53 Å². The molecule has 3 rings (SSSR count). The van der Waals surface area contributed by atoms with Crippen LogP contribution in [0, 0.1) is 11.3 Å². The summed E-state index contributed by atoms with van der Waals surface area (Å²) in [7, 11) is 1.63. The standard InChI is InChI=1S/C25H32N4O2/c1-16(24(30)28-12-10-25(2,3)4)13-19-15-18-14-17(8-9-20(18)29-23(19)26)22-21(31-5)7-6-11-27-22/h6-9,11,14-16H,10,12-13H2,1-5H3,(H2,26,29)(H,28,30). The number of nitrogens with two attached hydrogens (primary N) is 1. The Hall–Kier alpha value is -3.15. The number of methoxy groups -OCH3 is 1. The van der Waals surface area contributed by atoms with Crippen molar-refractivity contribution >= 4 is 22.6 Å². The number of carbonyl (C=O) groups excluding carboxylic acids is 1. The number of ether oxygens (including phenoxy) is 1. The fourth-order valence-corrected chi connectivity index (χ4v) is 3.48. The predicted octanol–water partition coefficient (Wildman–Crippen LogP) is 4.62. The maximum atomic E-state index is 12.5. The fourth-order valence-electron chi connectivity index (χ4n) is 3.48. The summed E-state index contributed by atoms with van der Waals surface area (Å²) >= 11 is 0. The van der Waals surface area contributed by atoms with Gasteiger partial charge in [-0.05, 0) is 54.2 Å². The van der Waals surface area contributed by atoms with Crippen LogP contribution in [0.1, 0.15) is 39.7 Å². The third-order valence-electron chi connectivity index (χ3n) is 5.34. The van der Waals surface area contributed by atoms with Gasteiger partial charge >= 0.3 is 0 Å². The molecule has 164 valence electrons. The number of amides is 1. The Labute approximate surface area is 184 Å². The molecule has 0 aliphatic heterocycles. The first-order chi connectivity index (χ1) is 14.7. The van der Waals surface area contributed by atoms with Gasteiger partial charge < -0.3 is 15.8 Å². The van der Waals surface area contributed by atoms with Crippen LogP contribution >= 0.6 is 0 Å². The van der Waals surface area contributed by atoms with Gasteiger partial charge in [-0.3, -0.25) is 9.78 Å². The Kier molecular flexibility index (Phi) is 6.78. The first-order valence-corrected chi connectivity index (χ1v) is 10.6. The van der Waals surface area contributed by atoms with Gasteiger partial charge in [-0.1, -0.05) is 33.8 Å². The number of aromatic nitrogens is 2. The molecule has 2 aromatic heterocycles. The molecule has 6 heteroatoms. The molecule has 2 heterocycles. The zero-order valence-electron chi connectivity index (χ0n) is 19.0. The molecular weight excluding hydrogens is 388 g/mol. The van der Waals surface area contributed by atoms with E-state index in [0.717, 1.165) is 34.1 Å². The summed E-state index contributed by atoms with van der Waals surface area (Å²) in [4.78, 5) is 21.5. The monoisotopic (exact) mass is 420 g/mol. The van der Waals surface area contributed by atoms with Crippen LogP contribution in [-0.2, 0) is 11.2 Å². The van der Waals surface area contributed by atoms with Gasteiger partial charge in [0.25, 0.3) is 0 Å². The van der Waals surface area contributed by atoms with Gasteiger partial charge in [0.1, 0.15) is 17.3 Å². The number of benzene rings is 1. The Morgan fingerprint density at radius 3 is 2.71 bits per heavy atom.